The predicted octanol–water partition coefficient (Wildman–Crippen LogP) is 1.07. The zero-order chi connectivity index (χ0) is 12.0. The van der Waals surface area contributed by atoms with E-state index in [1.54, 1.807) is 16.3 Å². The molecule has 1 unspecified atom stereocenters. The minimum atomic E-state index is -0.126. The highest BCUT2D eigenvalue weighted by molar-refractivity contribution is 7.99. The second-order valence-corrected chi connectivity index (χ2v) is 4.71. The van der Waals surface area contributed by atoms with E-state index in [4.69, 9.17) is 0 Å². The highest BCUT2D eigenvalue weighted by Crippen LogP contribution is 2.13. The molecule has 0 saturated heterocycles. The first-order chi connectivity index (χ1) is 7.69. The third-order valence-electron chi connectivity index (χ3n) is 2.24. The van der Waals surface area contributed by atoms with E-state index in [0.29, 0.717) is 12.6 Å². The maximum atomic E-state index is 11.3. The minimum Gasteiger partial charge on any atom is -0.313 e. The molecule has 0 aliphatic rings. The Morgan fingerprint density at radius 1 is 1.56 bits per heavy atom. The van der Waals surface area contributed by atoms with E-state index in [9.17, 15) is 4.79 Å². The summed E-state index contributed by atoms with van der Waals surface area (Å²) in [6.45, 7) is 7.93. The second kappa shape index (κ2) is 6.75. The van der Waals surface area contributed by atoms with Crippen LogP contribution in [-0.2, 0) is 6.54 Å². The molecule has 0 aromatic carbocycles. The summed E-state index contributed by atoms with van der Waals surface area (Å²) in [5, 5.41) is 10.6. The molecule has 6 heteroatoms. The first-order valence-corrected chi connectivity index (χ1v) is 6.69. The lowest BCUT2D eigenvalue weighted by Gasteiger charge is -2.11. The zero-order valence-corrected chi connectivity index (χ0v) is 10.9. The lowest BCUT2D eigenvalue weighted by atomic mass is 10.3. The van der Waals surface area contributed by atoms with Gasteiger partial charge in [0, 0.05) is 18.3 Å². The van der Waals surface area contributed by atoms with Gasteiger partial charge in [0.15, 0.2) is 5.16 Å². The number of thioether (sulfide) groups is 1. The largest absolute Gasteiger partial charge is 0.343 e. The molecule has 0 fully saturated rings. The lowest BCUT2D eigenvalue weighted by Crippen LogP contribution is -2.29. The van der Waals surface area contributed by atoms with Gasteiger partial charge in [0.1, 0.15) is 0 Å². The molecule has 1 rings (SSSR count). The van der Waals surface area contributed by atoms with Crippen molar-refractivity contribution >= 4 is 11.8 Å². The Hall–Kier alpha value is -0.750. The molecule has 16 heavy (non-hydrogen) atoms. The fourth-order valence-corrected chi connectivity index (χ4v) is 2.34. The van der Waals surface area contributed by atoms with Gasteiger partial charge >= 0.3 is 5.69 Å². The monoisotopic (exact) mass is 244 g/mol. The van der Waals surface area contributed by atoms with Gasteiger partial charge in [-0.1, -0.05) is 18.7 Å². The summed E-state index contributed by atoms with van der Waals surface area (Å²) in [5.41, 5.74) is -0.126. The van der Waals surface area contributed by atoms with E-state index in [-0.39, 0.29) is 5.69 Å². The first-order valence-electron chi connectivity index (χ1n) is 5.70. The molecule has 1 aromatic rings. The van der Waals surface area contributed by atoms with Gasteiger partial charge in [0.25, 0.3) is 0 Å². The van der Waals surface area contributed by atoms with Crippen LogP contribution in [0.25, 0.3) is 0 Å². The average molecular weight is 244 g/mol. The van der Waals surface area contributed by atoms with Crippen molar-refractivity contribution in [2.45, 2.75) is 44.9 Å². The summed E-state index contributed by atoms with van der Waals surface area (Å²) in [6.07, 6.45) is 1.14. The van der Waals surface area contributed by atoms with Crippen molar-refractivity contribution in [1.82, 2.24) is 20.1 Å². The minimum absolute atomic E-state index is 0.126. The molecule has 0 saturated carbocycles. The van der Waals surface area contributed by atoms with Crippen LogP contribution in [-0.4, -0.2) is 33.1 Å². The van der Waals surface area contributed by atoms with Crippen LogP contribution in [0.5, 0.6) is 0 Å². The molecule has 0 spiro atoms. The highest BCUT2D eigenvalue weighted by atomic mass is 32.2. The van der Waals surface area contributed by atoms with Crippen molar-refractivity contribution in [1.29, 1.82) is 0 Å². The van der Waals surface area contributed by atoms with Crippen LogP contribution in [0.2, 0.25) is 0 Å². The predicted molar refractivity (Wildman–Crippen MR) is 67.0 cm³/mol. The number of hydrogen-bond donors (Lipinski definition) is 2. The Bertz CT molecular complexity index is 360. The third-order valence-corrected chi connectivity index (χ3v) is 3.48. The Morgan fingerprint density at radius 2 is 2.31 bits per heavy atom. The number of H-pyrrole nitrogens is 1. The SMILES string of the molecule is CCCNC(C)CSc1n[nH]c(=O)n1CC. The maximum absolute atomic E-state index is 11.3. The van der Waals surface area contributed by atoms with Crippen molar-refractivity contribution in [2.24, 2.45) is 0 Å². The van der Waals surface area contributed by atoms with Crippen molar-refractivity contribution in [2.75, 3.05) is 12.3 Å². The molecule has 1 atom stereocenters. The van der Waals surface area contributed by atoms with Crippen molar-refractivity contribution in [3.05, 3.63) is 10.5 Å². The van der Waals surface area contributed by atoms with Gasteiger partial charge in [0.2, 0.25) is 0 Å². The number of aromatic amines is 1. The fraction of sp³-hybridized carbons (Fsp3) is 0.800. The molecule has 92 valence electrons. The molecule has 0 aliphatic carbocycles. The topological polar surface area (TPSA) is 62.7 Å². The Kier molecular flexibility index (Phi) is 5.62. The van der Waals surface area contributed by atoms with Crippen LogP contribution < -0.4 is 11.0 Å². The lowest BCUT2D eigenvalue weighted by molar-refractivity contribution is 0.588. The van der Waals surface area contributed by atoms with Crippen molar-refractivity contribution < 1.29 is 0 Å². The first kappa shape index (κ1) is 13.3. The Labute approximate surface area is 100 Å². The second-order valence-electron chi connectivity index (χ2n) is 3.72. The van der Waals surface area contributed by atoms with E-state index in [0.717, 1.165) is 23.9 Å². The van der Waals surface area contributed by atoms with E-state index in [1.807, 2.05) is 6.92 Å². The van der Waals surface area contributed by atoms with Crippen LogP contribution >= 0.6 is 11.8 Å². The average Bonchev–Trinajstić information content (AvgIpc) is 2.64. The summed E-state index contributed by atoms with van der Waals surface area (Å²) in [4.78, 5) is 11.3. The molecule has 1 heterocycles. The number of nitrogens with one attached hydrogen (secondary N) is 2. The van der Waals surface area contributed by atoms with Crippen molar-refractivity contribution in [3.8, 4) is 0 Å². The number of nitrogens with zero attached hydrogens (tertiary/aromatic N) is 2. The highest BCUT2D eigenvalue weighted by Gasteiger charge is 2.08. The van der Waals surface area contributed by atoms with E-state index < -0.39 is 0 Å². The molecule has 0 radical (unpaired) electrons. The molecule has 0 aliphatic heterocycles. The maximum Gasteiger partial charge on any atom is 0.343 e. The third kappa shape index (κ3) is 3.68. The van der Waals surface area contributed by atoms with E-state index >= 15 is 0 Å². The molecule has 5 nitrogen and oxygen atoms in total. The quantitative estimate of drug-likeness (QED) is 0.704. The molecular formula is C10H20N4OS. The molecular weight excluding hydrogens is 224 g/mol. The smallest absolute Gasteiger partial charge is 0.313 e. The van der Waals surface area contributed by atoms with Crippen LogP contribution in [0.3, 0.4) is 0 Å². The normalized spacial score (nSPS) is 12.9. The molecule has 0 bridgehead atoms. The number of rotatable bonds is 7. The van der Waals surface area contributed by atoms with Gasteiger partial charge in [-0.05, 0) is 26.8 Å². The van der Waals surface area contributed by atoms with Crippen LogP contribution in [0.1, 0.15) is 27.2 Å². The van der Waals surface area contributed by atoms with Gasteiger partial charge in [-0.2, -0.15) is 0 Å². The molecule has 2 N–H and O–H groups in total. The number of hydrogen-bond acceptors (Lipinski definition) is 4. The van der Waals surface area contributed by atoms with E-state index in [1.165, 1.54) is 0 Å². The zero-order valence-electron chi connectivity index (χ0n) is 10.1. The Balaban J connectivity index is 2.45. The van der Waals surface area contributed by atoms with Gasteiger partial charge in [0.05, 0.1) is 0 Å². The summed E-state index contributed by atoms with van der Waals surface area (Å²) in [5.74, 6) is 0.921. The molecule has 0 amide bonds. The Morgan fingerprint density at radius 3 is 2.94 bits per heavy atom. The van der Waals surface area contributed by atoms with Crippen molar-refractivity contribution in [3.63, 3.8) is 0 Å². The molecule has 1 aromatic heterocycles. The summed E-state index contributed by atoms with van der Waals surface area (Å²) >= 11 is 1.61. The summed E-state index contributed by atoms with van der Waals surface area (Å²) < 4.78 is 1.65. The van der Waals surface area contributed by atoms with Gasteiger partial charge < -0.3 is 5.32 Å². The summed E-state index contributed by atoms with van der Waals surface area (Å²) in [6, 6.07) is 0.432. The van der Waals surface area contributed by atoms with Gasteiger partial charge in [-0.25, -0.2) is 9.89 Å². The van der Waals surface area contributed by atoms with Gasteiger partial charge in [-0.3, -0.25) is 4.57 Å². The van der Waals surface area contributed by atoms with Crippen LogP contribution in [0.4, 0.5) is 0 Å². The van der Waals surface area contributed by atoms with Crippen LogP contribution in [0.15, 0.2) is 9.95 Å². The fourth-order valence-electron chi connectivity index (χ4n) is 1.34. The standard InChI is InChI=1S/C10H20N4OS/c1-4-6-11-8(3)7-16-10-13-12-9(15)14(10)5-2/h8,11H,4-7H2,1-3H3,(H,12,15). The van der Waals surface area contributed by atoms with E-state index in [2.05, 4.69) is 29.4 Å². The van der Waals surface area contributed by atoms with Gasteiger partial charge in [-0.15, -0.1) is 5.10 Å². The number of aromatic nitrogens is 3. The summed E-state index contributed by atoms with van der Waals surface area (Å²) in [7, 11) is 0. The van der Waals surface area contributed by atoms with Crippen LogP contribution in [0, 0.1) is 0 Å².